The zero-order chi connectivity index (χ0) is 16.5. The maximum Gasteiger partial charge on any atom is 0.251 e. The predicted molar refractivity (Wildman–Crippen MR) is 88.4 cm³/mol. The molecule has 2 rings (SSSR count). The Balaban J connectivity index is 1.76. The minimum Gasteiger partial charge on any atom is -0.494 e. The standard InChI is InChI=1S/C18H21NO4/c1-21-16-10-9-14(13-17(16)22-2)18(20)19-11-6-12-23-15-7-4-3-5-8-15/h3-5,7-10,13H,6,11-12H2,1-2H3,(H,19,20). The van der Waals surface area contributed by atoms with Crippen LogP contribution in [-0.4, -0.2) is 33.3 Å². The lowest BCUT2D eigenvalue weighted by Crippen LogP contribution is -2.25. The topological polar surface area (TPSA) is 56.8 Å². The van der Waals surface area contributed by atoms with E-state index in [-0.39, 0.29) is 5.91 Å². The number of para-hydroxylation sites is 1. The Kier molecular flexibility index (Phi) is 6.29. The fourth-order valence-corrected chi connectivity index (χ4v) is 2.06. The van der Waals surface area contributed by atoms with E-state index in [0.29, 0.717) is 30.2 Å². The lowest BCUT2D eigenvalue weighted by Gasteiger charge is -2.10. The Morgan fingerprint density at radius 1 is 1.00 bits per heavy atom. The van der Waals surface area contributed by atoms with Crippen LogP contribution in [0.25, 0.3) is 0 Å². The van der Waals surface area contributed by atoms with Crippen molar-refractivity contribution in [2.45, 2.75) is 6.42 Å². The van der Waals surface area contributed by atoms with Crippen molar-refractivity contribution >= 4 is 5.91 Å². The number of amides is 1. The molecule has 23 heavy (non-hydrogen) atoms. The molecule has 0 aliphatic rings. The summed E-state index contributed by atoms with van der Waals surface area (Å²) in [7, 11) is 3.10. The van der Waals surface area contributed by atoms with E-state index in [1.54, 1.807) is 32.4 Å². The molecule has 2 aromatic carbocycles. The van der Waals surface area contributed by atoms with Gasteiger partial charge in [-0.25, -0.2) is 0 Å². The van der Waals surface area contributed by atoms with Gasteiger partial charge in [0.1, 0.15) is 5.75 Å². The van der Waals surface area contributed by atoms with Gasteiger partial charge in [0, 0.05) is 12.1 Å². The number of hydrogen-bond donors (Lipinski definition) is 1. The van der Waals surface area contributed by atoms with Crippen LogP contribution < -0.4 is 19.5 Å². The highest BCUT2D eigenvalue weighted by Crippen LogP contribution is 2.27. The highest BCUT2D eigenvalue weighted by Gasteiger charge is 2.10. The first kappa shape index (κ1) is 16.7. The zero-order valence-electron chi connectivity index (χ0n) is 13.4. The van der Waals surface area contributed by atoms with Gasteiger partial charge in [-0.15, -0.1) is 0 Å². The van der Waals surface area contributed by atoms with Crippen LogP contribution in [0.1, 0.15) is 16.8 Å². The van der Waals surface area contributed by atoms with Crippen molar-refractivity contribution in [1.82, 2.24) is 5.32 Å². The number of benzene rings is 2. The van der Waals surface area contributed by atoms with Gasteiger partial charge in [0.05, 0.1) is 20.8 Å². The second kappa shape index (κ2) is 8.68. The second-order valence-electron chi connectivity index (χ2n) is 4.84. The first-order valence-corrected chi connectivity index (χ1v) is 7.42. The van der Waals surface area contributed by atoms with E-state index < -0.39 is 0 Å². The SMILES string of the molecule is COc1ccc(C(=O)NCCCOc2ccccc2)cc1OC. The van der Waals surface area contributed by atoms with Gasteiger partial charge in [0.2, 0.25) is 0 Å². The zero-order valence-corrected chi connectivity index (χ0v) is 13.4. The molecular formula is C18H21NO4. The summed E-state index contributed by atoms with van der Waals surface area (Å²) >= 11 is 0. The van der Waals surface area contributed by atoms with E-state index in [9.17, 15) is 4.79 Å². The fourth-order valence-electron chi connectivity index (χ4n) is 2.06. The average Bonchev–Trinajstić information content (AvgIpc) is 2.61. The molecular weight excluding hydrogens is 294 g/mol. The fraction of sp³-hybridized carbons (Fsp3) is 0.278. The van der Waals surface area contributed by atoms with Crippen LogP contribution in [0.4, 0.5) is 0 Å². The molecule has 0 aliphatic heterocycles. The van der Waals surface area contributed by atoms with Gasteiger partial charge in [-0.3, -0.25) is 4.79 Å². The van der Waals surface area contributed by atoms with Gasteiger partial charge in [0.25, 0.3) is 5.91 Å². The van der Waals surface area contributed by atoms with Crippen molar-refractivity contribution in [3.8, 4) is 17.2 Å². The molecule has 0 heterocycles. The molecule has 2 aromatic rings. The summed E-state index contributed by atoms with van der Waals surface area (Å²) < 4.78 is 15.9. The Morgan fingerprint density at radius 3 is 2.43 bits per heavy atom. The van der Waals surface area contributed by atoms with Crippen molar-refractivity contribution in [3.05, 3.63) is 54.1 Å². The monoisotopic (exact) mass is 315 g/mol. The van der Waals surface area contributed by atoms with Gasteiger partial charge in [0.15, 0.2) is 11.5 Å². The molecule has 5 heteroatoms. The van der Waals surface area contributed by atoms with Crippen molar-refractivity contribution in [3.63, 3.8) is 0 Å². The summed E-state index contributed by atoms with van der Waals surface area (Å²) in [6.07, 6.45) is 0.730. The third-order valence-electron chi connectivity index (χ3n) is 3.26. The first-order chi connectivity index (χ1) is 11.2. The summed E-state index contributed by atoms with van der Waals surface area (Å²) in [5.74, 6) is 1.82. The molecule has 0 spiro atoms. The molecule has 1 N–H and O–H groups in total. The quantitative estimate of drug-likeness (QED) is 0.761. The van der Waals surface area contributed by atoms with Crippen LogP contribution in [0.2, 0.25) is 0 Å². The third kappa shape index (κ3) is 4.92. The lowest BCUT2D eigenvalue weighted by atomic mass is 10.2. The maximum atomic E-state index is 12.1. The number of carbonyl (C=O) groups is 1. The van der Waals surface area contributed by atoms with Gasteiger partial charge < -0.3 is 19.5 Å². The van der Waals surface area contributed by atoms with Crippen LogP contribution in [0.3, 0.4) is 0 Å². The summed E-state index contributed by atoms with van der Waals surface area (Å²) in [4.78, 5) is 12.1. The van der Waals surface area contributed by atoms with Gasteiger partial charge in [-0.1, -0.05) is 18.2 Å². The third-order valence-corrected chi connectivity index (χ3v) is 3.26. The average molecular weight is 315 g/mol. The number of carbonyl (C=O) groups excluding carboxylic acids is 1. The van der Waals surface area contributed by atoms with Crippen molar-refractivity contribution in [2.24, 2.45) is 0 Å². The van der Waals surface area contributed by atoms with Gasteiger partial charge in [-0.05, 0) is 36.8 Å². The first-order valence-electron chi connectivity index (χ1n) is 7.42. The van der Waals surface area contributed by atoms with Crippen LogP contribution in [0.5, 0.6) is 17.2 Å². The number of nitrogens with one attached hydrogen (secondary N) is 1. The highest BCUT2D eigenvalue weighted by atomic mass is 16.5. The summed E-state index contributed by atoms with van der Waals surface area (Å²) in [6.45, 7) is 1.09. The second-order valence-corrected chi connectivity index (χ2v) is 4.84. The maximum absolute atomic E-state index is 12.1. The Bertz CT molecular complexity index is 628. The summed E-state index contributed by atoms with van der Waals surface area (Å²) in [5, 5.41) is 2.86. The number of methoxy groups -OCH3 is 2. The molecule has 122 valence electrons. The number of rotatable bonds is 8. The van der Waals surface area contributed by atoms with Crippen molar-refractivity contribution < 1.29 is 19.0 Å². The predicted octanol–water partition coefficient (Wildman–Crippen LogP) is 2.90. The van der Waals surface area contributed by atoms with Gasteiger partial charge in [-0.2, -0.15) is 0 Å². The molecule has 0 bridgehead atoms. The smallest absolute Gasteiger partial charge is 0.251 e. The molecule has 0 saturated heterocycles. The van der Waals surface area contributed by atoms with Crippen molar-refractivity contribution in [2.75, 3.05) is 27.4 Å². The molecule has 0 fully saturated rings. The van der Waals surface area contributed by atoms with E-state index >= 15 is 0 Å². The summed E-state index contributed by atoms with van der Waals surface area (Å²) in [6, 6.07) is 14.7. The van der Waals surface area contributed by atoms with E-state index in [1.165, 1.54) is 0 Å². The Morgan fingerprint density at radius 2 is 1.74 bits per heavy atom. The van der Waals surface area contributed by atoms with Crippen LogP contribution in [0, 0.1) is 0 Å². The van der Waals surface area contributed by atoms with E-state index in [1.807, 2.05) is 30.3 Å². The lowest BCUT2D eigenvalue weighted by molar-refractivity contribution is 0.0951. The Labute approximate surface area is 136 Å². The molecule has 0 saturated carbocycles. The summed E-state index contributed by atoms with van der Waals surface area (Å²) in [5.41, 5.74) is 0.534. The molecule has 0 aromatic heterocycles. The highest BCUT2D eigenvalue weighted by molar-refractivity contribution is 5.94. The van der Waals surface area contributed by atoms with Crippen LogP contribution in [-0.2, 0) is 0 Å². The largest absolute Gasteiger partial charge is 0.494 e. The van der Waals surface area contributed by atoms with E-state index in [0.717, 1.165) is 12.2 Å². The minimum atomic E-state index is -0.148. The number of hydrogen-bond acceptors (Lipinski definition) is 4. The van der Waals surface area contributed by atoms with Gasteiger partial charge >= 0.3 is 0 Å². The molecule has 0 atom stereocenters. The van der Waals surface area contributed by atoms with E-state index in [2.05, 4.69) is 5.32 Å². The van der Waals surface area contributed by atoms with Crippen molar-refractivity contribution in [1.29, 1.82) is 0 Å². The molecule has 0 radical (unpaired) electrons. The van der Waals surface area contributed by atoms with Crippen LogP contribution in [0.15, 0.2) is 48.5 Å². The molecule has 0 aliphatic carbocycles. The Hall–Kier alpha value is -2.69. The molecule has 0 unspecified atom stereocenters. The van der Waals surface area contributed by atoms with Crippen LogP contribution >= 0.6 is 0 Å². The van der Waals surface area contributed by atoms with E-state index in [4.69, 9.17) is 14.2 Å². The normalized spacial score (nSPS) is 10.0. The number of ether oxygens (including phenoxy) is 3. The molecule has 5 nitrogen and oxygen atoms in total. The minimum absolute atomic E-state index is 0.148. The molecule has 1 amide bonds.